The van der Waals surface area contributed by atoms with E-state index in [9.17, 15) is 8.42 Å². The third-order valence-corrected chi connectivity index (χ3v) is 6.20. The van der Waals surface area contributed by atoms with Crippen molar-refractivity contribution in [1.29, 1.82) is 0 Å². The molecule has 0 atom stereocenters. The maximum Gasteiger partial charge on any atom is 0.243 e. The minimum absolute atomic E-state index is 0.285. The van der Waals surface area contributed by atoms with Crippen molar-refractivity contribution in [2.24, 2.45) is 0 Å². The van der Waals surface area contributed by atoms with Crippen molar-refractivity contribution in [2.75, 3.05) is 6.54 Å². The Morgan fingerprint density at radius 1 is 1.05 bits per heavy atom. The number of hydrogen-bond donors (Lipinski definition) is 0. The first-order valence-corrected chi connectivity index (χ1v) is 9.11. The fourth-order valence-corrected chi connectivity index (χ4v) is 4.41. The molecule has 0 amide bonds. The molecular formula is C15H13BrClNO2S. The number of benzene rings is 2. The van der Waals surface area contributed by atoms with Crippen molar-refractivity contribution in [3.8, 4) is 0 Å². The summed E-state index contributed by atoms with van der Waals surface area (Å²) in [5.41, 5.74) is 2.26. The molecule has 0 bridgehead atoms. The van der Waals surface area contributed by atoms with Gasteiger partial charge >= 0.3 is 0 Å². The van der Waals surface area contributed by atoms with E-state index in [0.29, 0.717) is 18.1 Å². The molecule has 2 aromatic rings. The average molecular weight is 387 g/mol. The Morgan fingerprint density at radius 2 is 1.76 bits per heavy atom. The number of sulfonamides is 1. The molecule has 110 valence electrons. The lowest BCUT2D eigenvalue weighted by Crippen LogP contribution is -2.35. The fourth-order valence-electron chi connectivity index (χ4n) is 2.46. The van der Waals surface area contributed by atoms with Crippen molar-refractivity contribution < 1.29 is 8.42 Å². The first-order chi connectivity index (χ1) is 9.96. The van der Waals surface area contributed by atoms with Gasteiger partial charge in [-0.05, 0) is 53.9 Å². The first-order valence-electron chi connectivity index (χ1n) is 6.50. The largest absolute Gasteiger partial charge is 0.243 e. The Hall–Kier alpha value is -0.880. The molecule has 1 aliphatic rings. The van der Waals surface area contributed by atoms with Crippen LogP contribution in [0.15, 0.2) is 51.8 Å². The van der Waals surface area contributed by atoms with E-state index in [1.54, 1.807) is 24.3 Å². The highest BCUT2D eigenvalue weighted by Crippen LogP contribution is 2.27. The molecule has 0 aliphatic carbocycles. The molecule has 0 unspecified atom stereocenters. The third-order valence-electron chi connectivity index (χ3n) is 3.60. The van der Waals surface area contributed by atoms with Gasteiger partial charge in [-0.3, -0.25) is 0 Å². The van der Waals surface area contributed by atoms with E-state index in [0.717, 1.165) is 16.5 Å². The van der Waals surface area contributed by atoms with E-state index >= 15 is 0 Å². The van der Waals surface area contributed by atoms with Crippen LogP contribution in [0.5, 0.6) is 0 Å². The van der Waals surface area contributed by atoms with Crippen LogP contribution in [0.2, 0.25) is 5.02 Å². The highest BCUT2D eigenvalue weighted by atomic mass is 79.9. The van der Waals surface area contributed by atoms with Gasteiger partial charge in [0.15, 0.2) is 0 Å². The Bertz CT molecular complexity index is 775. The molecule has 2 aromatic carbocycles. The molecule has 0 spiro atoms. The van der Waals surface area contributed by atoms with Crippen molar-refractivity contribution >= 4 is 37.6 Å². The number of halogens is 2. The minimum Gasteiger partial charge on any atom is -0.207 e. The van der Waals surface area contributed by atoms with Crippen molar-refractivity contribution in [3.63, 3.8) is 0 Å². The summed E-state index contributed by atoms with van der Waals surface area (Å²) in [6.07, 6.45) is 0.724. The minimum atomic E-state index is -3.47. The molecule has 3 rings (SSSR count). The smallest absolute Gasteiger partial charge is 0.207 e. The second-order valence-electron chi connectivity index (χ2n) is 4.96. The standard InChI is InChI=1S/C15H13BrClNO2S/c16-13-2-1-12-10-18(8-7-11(12)9-13)21(19,20)15-5-3-14(17)4-6-15/h1-6,9H,7-8,10H2. The Labute approximate surface area is 137 Å². The van der Waals surface area contributed by atoms with Crippen molar-refractivity contribution in [3.05, 3.63) is 63.1 Å². The molecule has 0 N–H and O–H groups in total. The summed E-state index contributed by atoms with van der Waals surface area (Å²) < 4.78 is 27.8. The van der Waals surface area contributed by atoms with Crippen LogP contribution in [0.25, 0.3) is 0 Å². The van der Waals surface area contributed by atoms with Gasteiger partial charge < -0.3 is 0 Å². The average Bonchev–Trinajstić information content (AvgIpc) is 2.47. The number of rotatable bonds is 2. The van der Waals surface area contributed by atoms with Crippen molar-refractivity contribution in [2.45, 2.75) is 17.9 Å². The second kappa shape index (κ2) is 5.72. The third kappa shape index (κ3) is 3.01. The molecule has 0 fully saturated rings. The summed E-state index contributed by atoms with van der Waals surface area (Å²) in [6, 6.07) is 12.3. The van der Waals surface area contributed by atoms with E-state index in [4.69, 9.17) is 11.6 Å². The van der Waals surface area contributed by atoms with E-state index < -0.39 is 10.0 Å². The molecule has 0 aromatic heterocycles. The van der Waals surface area contributed by atoms with Crippen LogP contribution in [-0.4, -0.2) is 19.3 Å². The van der Waals surface area contributed by atoms with Crippen LogP contribution in [0.1, 0.15) is 11.1 Å². The van der Waals surface area contributed by atoms with E-state index in [2.05, 4.69) is 22.0 Å². The van der Waals surface area contributed by atoms with Crippen LogP contribution in [0.4, 0.5) is 0 Å². The Balaban J connectivity index is 1.91. The molecule has 0 saturated heterocycles. The van der Waals surface area contributed by atoms with Crippen LogP contribution >= 0.6 is 27.5 Å². The molecule has 0 radical (unpaired) electrons. The van der Waals surface area contributed by atoms with E-state index in [-0.39, 0.29) is 4.90 Å². The van der Waals surface area contributed by atoms with Crippen LogP contribution in [0, 0.1) is 0 Å². The highest BCUT2D eigenvalue weighted by molar-refractivity contribution is 9.10. The van der Waals surface area contributed by atoms with Gasteiger partial charge in [0.2, 0.25) is 10.0 Å². The van der Waals surface area contributed by atoms with Gasteiger partial charge in [0.25, 0.3) is 0 Å². The number of nitrogens with zero attached hydrogens (tertiary/aromatic N) is 1. The zero-order chi connectivity index (χ0) is 15.0. The molecule has 0 saturated carbocycles. The zero-order valence-corrected chi connectivity index (χ0v) is 14.2. The Morgan fingerprint density at radius 3 is 2.48 bits per heavy atom. The van der Waals surface area contributed by atoms with Gasteiger partial charge in [-0.25, -0.2) is 8.42 Å². The highest BCUT2D eigenvalue weighted by Gasteiger charge is 2.28. The Kier molecular flexibility index (Phi) is 4.10. The van der Waals surface area contributed by atoms with Gasteiger partial charge in [-0.2, -0.15) is 4.31 Å². The van der Waals surface area contributed by atoms with Crippen LogP contribution in [-0.2, 0) is 23.0 Å². The SMILES string of the molecule is O=S(=O)(c1ccc(Cl)cc1)N1CCc2cc(Br)ccc2C1. The lowest BCUT2D eigenvalue weighted by molar-refractivity contribution is 0.391. The first kappa shape index (κ1) is 15.0. The van der Waals surface area contributed by atoms with Crippen LogP contribution < -0.4 is 0 Å². The monoisotopic (exact) mass is 385 g/mol. The predicted octanol–water partition coefficient (Wildman–Crippen LogP) is 3.85. The van der Waals surface area contributed by atoms with Gasteiger partial charge in [-0.15, -0.1) is 0 Å². The second-order valence-corrected chi connectivity index (χ2v) is 8.25. The van der Waals surface area contributed by atoms with E-state index in [1.165, 1.54) is 9.87 Å². The van der Waals surface area contributed by atoms with Crippen molar-refractivity contribution in [1.82, 2.24) is 4.31 Å². The zero-order valence-electron chi connectivity index (χ0n) is 11.1. The molecule has 3 nitrogen and oxygen atoms in total. The molecule has 6 heteroatoms. The van der Waals surface area contributed by atoms with E-state index in [1.807, 2.05) is 12.1 Å². The fraction of sp³-hybridized carbons (Fsp3) is 0.200. The summed E-state index contributed by atoms with van der Waals surface area (Å²) in [5, 5.41) is 0.530. The topological polar surface area (TPSA) is 37.4 Å². The number of fused-ring (bicyclic) bond motifs is 1. The predicted molar refractivity (Wildman–Crippen MR) is 86.9 cm³/mol. The molecule has 1 heterocycles. The maximum atomic E-state index is 12.6. The lowest BCUT2D eigenvalue weighted by Gasteiger charge is -2.28. The van der Waals surface area contributed by atoms with Gasteiger partial charge in [0, 0.05) is 22.6 Å². The molecular weight excluding hydrogens is 374 g/mol. The quantitative estimate of drug-likeness (QED) is 0.786. The normalized spacial score (nSPS) is 15.7. The van der Waals surface area contributed by atoms with Gasteiger partial charge in [0.05, 0.1) is 4.90 Å². The summed E-state index contributed by atoms with van der Waals surface area (Å²) in [7, 11) is -3.47. The van der Waals surface area contributed by atoms with Gasteiger partial charge in [0.1, 0.15) is 0 Å². The van der Waals surface area contributed by atoms with Gasteiger partial charge in [-0.1, -0.05) is 33.6 Å². The summed E-state index contributed by atoms with van der Waals surface area (Å²) in [5.74, 6) is 0. The molecule has 1 aliphatic heterocycles. The lowest BCUT2D eigenvalue weighted by atomic mass is 10.0. The van der Waals surface area contributed by atoms with Crippen LogP contribution in [0.3, 0.4) is 0 Å². The maximum absolute atomic E-state index is 12.6. The summed E-state index contributed by atoms with van der Waals surface area (Å²) in [6.45, 7) is 0.905. The summed E-state index contributed by atoms with van der Waals surface area (Å²) in [4.78, 5) is 0.285. The summed E-state index contributed by atoms with van der Waals surface area (Å²) >= 11 is 9.26. The molecule has 21 heavy (non-hydrogen) atoms. The number of hydrogen-bond acceptors (Lipinski definition) is 2.